The Hall–Kier alpha value is 0.250. The van der Waals surface area contributed by atoms with Gasteiger partial charge < -0.3 is 5.32 Å². The molecule has 1 aliphatic heterocycles. The first kappa shape index (κ1) is 11.2. The lowest BCUT2D eigenvalue weighted by molar-refractivity contribution is 0.320. The summed E-state index contributed by atoms with van der Waals surface area (Å²) in [7, 11) is 0. The van der Waals surface area contributed by atoms with Gasteiger partial charge in [0.1, 0.15) is 0 Å². The number of hydrogen-bond donors (Lipinski definition) is 1. The Balaban J connectivity index is 0.000001000. The molecule has 0 bridgehead atoms. The van der Waals surface area contributed by atoms with Crippen LogP contribution in [0.5, 0.6) is 0 Å². The molecule has 68 valence electrons. The van der Waals surface area contributed by atoms with E-state index >= 15 is 0 Å². The SMILES string of the molecule is CCC[C@H]1CCC[C@H](C)N1.Cl. The smallest absolute Gasteiger partial charge is 0.00694 e. The van der Waals surface area contributed by atoms with Gasteiger partial charge in [0.25, 0.3) is 0 Å². The number of halogens is 1. The van der Waals surface area contributed by atoms with Crippen molar-refractivity contribution in [2.75, 3.05) is 0 Å². The molecular formula is C9H20ClN. The molecule has 0 radical (unpaired) electrons. The van der Waals surface area contributed by atoms with E-state index in [2.05, 4.69) is 19.2 Å². The number of rotatable bonds is 2. The molecule has 2 atom stereocenters. The van der Waals surface area contributed by atoms with Crippen molar-refractivity contribution < 1.29 is 0 Å². The first-order valence-corrected chi connectivity index (χ1v) is 4.59. The minimum Gasteiger partial charge on any atom is -0.312 e. The first-order chi connectivity index (χ1) is 4.83. The molecule has 0 aliphatic carbocycles. The van der Waals surface area contributed by atoms with Gasteiger partial charge in [-0.3, -0.25) is 0 Å². The third-order valence-electron chi connectivity index (χ3n) is 2.35. The molecule has 0 aromatic carbocycles. The fraction of sp³-hybridized carbons (Fsp3) is 1.00. The van der Waals surface area contributed by atoms with Crippen LogP contribution in [-0.2, 0) is 0 Å². The number of piperidine rings is 1. The highest BCUT2D eigenvalue weighted by Crippen LogP contribution is 2.15. The van der Waals surface area contributed by atoms with Crippen LogP contribution >= 0.6 is 12.4 Å². The fourth-order valence-corrected chi connectivity index (χ4v) is 1.82. The van der Waals surface area contributed by atoms with E-state index in [1.54, 1.807) is 0 Å². The zero-order chi connectivity index (χ0) is 7.40. The van der Waals surface area contributed by atoms with Crippen LogP contribution in [0.3, 0.4) is 0 Å². The Morgan fingerprint density at radius 3 is 2.64 bits per heavy atom. The van der Waals surface area contributed by atoms with E-state index in [1.807, 2.05) is 0 Å². The predicted octanol–water partition coefficient (Wildman–Crippen LogP) is 2.74. The fourth-order valence-electron chi connectivity index (χ4n) is 1.82. The summed E-state index contributed by atoms with van der Waals surface area (Å²) < 4.78 is 0. The van der Waals surface area contributed by atoms with Crippen LogP contribution in [0, 0.1) is 0 Å². The molecule has 0 unspecified atom stereocenters. The van der Waals surface area contributed by atoms with Gasteiger partial charge in [0.2, 0.25) is 0 Å². The highest BCUT2D eigenvalue weighted by molar-refractivity contribution is 5.85. The molecule has 0 amide bonds. The molecule has 1 heterocycles. The van der Waals surface area contributed by atoms with Crippen molar-refractivity contribution in [3.05, 3.63) is 0 Å². The standard InChI is InChI=1S/C9H19N.ClH/c1-3-5-9-7-4-6-8(2)10-9;/h8-10H,3-7H2,1-2H3;1H/t8-,9-;/m0./s1. The maximum atomic E-state index is 3.62. The van der Waals surface area contributed by atoms with Crippen molar-refractivity contribution >= 4 is 12.4 Å². The molecule has 0 saturated carbocycles. The lowest BCUT2D eigenvalue weighted by atomic mass is 9.97. The summed E-state index contributed by atoms with van der Waals surface area (Å²) in [4.78, 5) is 0. The Morgan fingerprint density at radius 1 is 1.36 bits per heavy atom. The van der Waals surface area contributed by atoms with Crippen molar-refractivity contribution in [3.8, 4) is 0 Å². The molecule has 0 spiro atoms. The quantitative estimate of drug-likeness (QED) is 0.684. The van der Waals surface area contributed by atoms with Gasteiger partial charge in [-0.25, -0.2) is 0 Å². The molecule has 1 saturated heterocycles. The van der Waals surface area contributed by atoms with Crippen LogP contribution in [0.25, 0.3) is 0 Å². The molecule has 2 heteroatoms. The van der Waals surface area contributed by atoms with Crippen LogP contribution < -0.4 is 5.32 Å². The molecule has 11 heavy (non-hydrogen) atoms. The van der Waals surface area contributed by atoms with Crippen LogP contribution in [0.2, 0.25) is 0 Å². The Labute approximate surface area is 76.4 Å². The molecule has 1 aliphatic rings. The monoisotopic (exact) mass is 177 g/mol. The average Bonchev–Trinajstić information content (AvgIpc) is 1.88. The van der Waals surface area contributed by atoms with Gasteiger partial charge in [0, 0.05) is 12.1 Å². The lowest BCUT2D eigenvalue weighted by Gasteiger charge is -2.28. The van der Waals surface area contributed by atoms with Crippen molar-refractivity contribution in [1.29, 1.82) is 0 Å². The summed E-state index contributed by atoms with van der Waals surface area (Å²) >= 11 is 0. The van der Waals surface area contributed by atoms with Crippen LogP contribution in [0.15, 0.2) is 0 Å². The second-order valence-electron chi connectivity index (χ2n) is 3.48. The van der Waals surface area contributed by atoms with Gasteiger partial charge in [-0.05, 0) is 26.2 Å². The maximum Gasteiger partial charge on any atom is 0.00694 e. The van der Waals surface area contributed by atoms with E-state index in [0.717, 1.165) is 12.1 Å². The van der Waals surface area contributed by atoms with Crippen molar-refractivity contribution in [2.45, 2.75) is 58.0 Å². The maximum absolute atomic E-state index is 3.62. The highest BCUT2D eigenvalue weighted by Gasteiger charge is 2.15. The summed E-state index contributed by atoms with van der Waals surface area (Å²) in [5.74, 6) is 0. The average molecular weight is 178 g/mol. The van der Waals surface area contributed by atoms with Gasteiger partial charge in [0.15, 0.2) is 0 Å². The third kappa shape index (κ3) is 3.97. The normalized spacial score (nSPS) is 31.1. The molecule has 1 nitrogen and oxygen atoms in total. The van der Waals surface area contributed by atoms with Crippen molar-refractivity contribution in [3.63, 3.8) is 0 Å². The van der Waals surface area contributed by atoms with Crippen molar-refractivity contribution in [1.82, 2.24) is 5.32 Å². The Bertz CT molecular complexity index is 93.6. The van der Waals surface area contributed by atoms with Gasteiger partial charge in [-0.1, -0.05) is 19.8 Å². The molecule has 1 N–H and O–H groups in total. The molecular weight excluding hydrogens is 158 g/mol. The zero-order valence-corrected chi connectivity index (χ0v) is 8.41. The minimum absolute atomic E-state index is 0. The highest BCUT2D eigenvalue weighted by atomic mass is 35.5. The van der Waals surface area contributed by atoms with E-state index in [-0.39, 0.29) is 12.4 Å². The molecule has 0 aromatic rings. The van der Waals surface area contributed by atoms with Crippen LogP contribution in [0.4, 0.5) is 0 Å². The second-order valence-corrected chi connectivity index (χ2v) is 3.48. The predicted molar refractivity (Wildman–Crippen MR) is 52.4 cm³/mol. The van der Waals surface area contributed by atoms with Gasteiger partial charge in [0.05, 0.1) is 0 Å². The topological polar surface area (TPSA) is 12.0 Å². The van der Waals surface area contributed by atoms with E-state index in [1.165, 1.54) is 32.1 Å². The summed E-state index contributed by atoms with van der Waals surface area (Å²) in [6.45, 7) is 4.56. The largest absolute Gasteiger partial charge is 0.312 e. The van der Waals surface area contributed by atoms with Crippen LogP contribution in [-0.4, -0.2) is 12.1 Å². The van der Waals surface area contributed by atoms with Gasteiger partial charge in [-0.2, -0.15) is 0 Å². The summed E-state index contributed by atoms with van der Waals surface area (Å²) in [6, 6.07) is 1.60. The summed E-state index contributed by atoms with van der Waals surface area (Å²) in [5.41, 5.74) is 0. The first-order valence-electron chi connectivity index (χ1n) is 4.59. The molecule has 0 aromatic heterocycles. The Kier molecular flexibility index (Phi) is 5.98. The lowest BCUT2D eigenvalue weighted by Crippen LogP contribution is -2.40. The molecule has 1 rings (SSSR count). The van der Waals surface area contributed by atoms with E-state index in [0.29, 0.717) is 0 Å². The van der Waals surface area contributed by atoms with Gasteiger partial charge in [-0.15, -0.1) is 12.4 Å². The minimum atomic E-state index is 0. The summed E-state index contributed by atoms with van der Waals surface area (Å²) in [5, 5.41) is 3.62. The Morgan fingerprint density at radius 2 is 2.09 bits per heavy atom. The van der Waals surface area contributed by atoms with E-state index in [4.69, 9.17) is 0 Å². The van der Waals surface area contributed by atoms with Crippen molar-refractivity contribution in [2.24, 2.45) is 0 Å². The zero-order valence-electron chi connectivity index (χ0n) is 7.60. The second kappa shape index (κ2) is 5.84. The number of nitrogens with one attached hydrogen (secondary N) is 1. The third-order valence-corrected chi connectivity index (χ3v) is 2.35. The van der Waals surface area contributed by atoms with E-state index < -0.39 is 0 Å². The van der Waals surface area contributed by atoms with Crippen LogP contribution in [0.1, 0.15) is 46.0 Å². The number of hydrogen-bond acceptors (Lipinski definition) is 1. The van der Waals surface area contributed by atoms with E-state index in [9.17, 15) is 0 Å². The van der Waals surface area contributed by atoms with Gasteiger partial charge >= 0.3 is 0 Å². The summed E-state index contributed by atoms with van der Waals surface area (Å²) in [6.07, 6.45) is 6.89. The molecule has 1 fully saturated rings.